The Labute approximate surface area is 223 Å². The van der Waals surface area contributed by atoms with Crippen LogP contribution in [0.1, 0.15) is 52.8 Å². The fraction of sp³-hybridized carbons (Fsp3) is 0.393. The second-order valence-electron chi connectivity index (χ2n) is 9.92. The van der Waals surface area contributed by atoms with E-state index < -0.39 is 11.9 Å². The van der Waals surface area contributed by atoms with Gasteiger partial charge in [-0.25, -0.2) is 0 Å². The molecule has 1 saturated heterocycles. The number of carbonyl (C=O) groups is 1. The molecule has 0 spiro atoms. The van der Waals surface area contributed by atoms with Gasteiger partial charge < -0.3 is 10.2 Å². The van der Waals surface area contributed by atoms with Crippen molar-refractivity contribution < 1.29 is 18.0 Å². The molecule has 1 aromatic carbocycles. The number of carbonyl (C=O) groups excluding carboxylic acids is 1. The van der Waals surface area contributed by atoms with Gasteiger partial charge in [0.2, 0.25) is 5.91 Å². The summed E-state index contributed by atoms with van der Waals surface area (Å²) < 4.78 is 43.2. The van der Waals surface area contributed by atoms with Gasteiger partial charge in [-0.15, -0.1) is 11.3 Å². The highest BCUT2D eigenvalue weighted by Crippen LogP contribution is 2.44. The van der Waals surface area contributed by atoms with Crippen LogP contribution in [0.2, 0.25) is 0 Å². The fourth-order valence-electron chi connectivity index (χ4n) is 5.35. The molecule has 0 unspecified atom stereocenters. The largest absolute Gasteiger partial charge is 0.435 e. The van der Waals surface area contributed by atoms with Crippen LogP contribution in [0.5, 0.6) is 0 Å². The molecule has 0 aliphatic carbocycles. The molecule has 0 saturated carbocycles. The monoisotopic (exact) mass is 539 g/mol. The third kappa shape index (κ3) is 5.13. The Hall–Kier alpha value is -3.42. The van der Waals surface area contributed by atoms with Crippen LogP contribution in [0, 0.1) is 17.2 Å². The lowest BCUT2D eigenvalue weighted by molar-refractivity contribution is -0.141. The predicted octanol–water partition coefficient (Wildman–Crippen LogP) is 5.55. The van der Waals surface area contributed by atoms with Crippen LogP contribution in [0.3, 0.4) is 0 Å². The zero-order valence-electron chi connectivity index (χ0n) is 21.1. The maximum Gasteiger partial charge on any atom is 0.435 e. The van der Waals surface area contributed by atoms with Gasteiger partial charge in [0.15, 0.2) is 5.69 Å². The Morgan fingerprint density at radius 2 is 2.08 bits per heavy atom. The summed E-state index contributed by atoms with van der Waals surface area (Å²) in [4.78, 5) is 16.4. The normalized spacial score (nSPS) is 21.6. The molecule has 4 heterocycles. The minimum Gasteiger partial charge on any atom is -0.333 e. The summed E-state index contributed by atoms with van der Waals surface area (Å²) in [6.45, 7) is 5.78. The molecular formula is C28H28F3N5OS. The van der Waals surface area contributed by atoms with Crippen LogP contribution in [-0.4, -0.2) is 39.7 Å². The van der Waals surface area contributed by atoms with Crippen LogP contribution in [0.4, 0.5) is 13.2 Å². The lowest BCUT2D eigenvalue weighted by Crippen LogP contribution is -2.37. The number of nitrogens with zero attached hydrogens (tertiary/aromatic N) is 4. The number of alkyl halides is 3. The Kier molecular flexibility index (Phi) is 7.16. The number of amides is 1. The number of aryl methyl sites for hydroxylation is 1. The minimum atomic E-state index is -4.62. The van der Waals surface area contributed by atoms with E-state index in [9.17, 15) is 23.2 Å². The van der Waals surface area contributed by atoms with Gasteiger partial charge in [0.25, 0.3) is 0 Å². The Balaban J connectivity index is 1.55. The van der Waals surface area contributed by atoms with Gasteiger partial charge in [0.05, 0.1) is 6.54 Å². The van der Waals surface area contributed by atoms with Crippen molar-refractivity contribution in [2.45, 2.75) is 51.5 Å². The summed E-state index contributed by atoms with van der Waals surface area (Å²) in [5.41, 5.74) is 1.06. The molecule has 6 nitrogen and oxygen atoms in total. The summed E-state index contributed by atoms with van der Waals surface area (Å²) in [7, 11) is 0. The first-order valence-corrected chi connectivity index (χ1v) is 13.5. The van der Waals surface area contributed by atoms with E-state index in [0.29, 0.717) is 41.6 Å². The molecule has 2 aliphatic heterocycles. The number of hydrogen-bond acceptors (Lipinski definition) is 5. The second-order valence-corrected chi connectivity index (χ2v) is 11.1. The summed E-state index contributed by atoms with van der Waals surface area (Å²) >= 11 is 1.33. The third-order valence-electron chi connectivity index (χ3n) is 7.21. The van der Waals surface area contributed by atoms with Crippen LogP contribution in [0.15, 0.2) is 48.7 Å². The topological polar surface area (TPSA) is 74.0 Å². The Bertz CT molecular complexity index is 1420. The number of aromatic nitrogens is 2. The summed E-state index contributed by atoms with van der Waals surface area (Å²) in [6, 6.07) is 11.1. The van der Waals surface area contributed by atoms with Crippen molar-refractivity contribution in [2.75, 3.05) is 13.1 Å². The van der Waals surface area contributed by atoms with E-state index in [1.165, 1.54) is 22.2 Å². The molecule has 1 N–H and O–H groups in total. The van der Waals surface area contributed by atoms with E-state index >= 15 is 0 Å². The molecule has 38 heavy (non-hydrogen) atoms. The van der Waals surface area contributed by atoms with Gasteiger partial charge in [-0.05, 0) is 48.6 Å². The van der Waals surface area contributed by atoms with Crippen molar-refractivity contribution in [3.8, 4) is 17.2 Å². The van der Waals surface area contributed by atoms with Crippen LogP contribution in [-0.2, 0) is 24.1 Å². The second kappa shape index (κ2) is 10.4. The molecule has 5 rings (SSSR count). The van der Waals surface area contributed by atoms with Crippen LogP contribution >= 0.6 is 11.3 Å². The fourth-order valence-corrected chi connectivity index (χ4v) is 6.38. The van der Waals surface area contributed by atoms with Crippen LogP contribution < -0.4 is 5.32 Å². The van der Waals surface area contributed by atoms with E-state index in [1.54, 1.807) is 36.1 Å². The number of rotatable bonds is 5. The molecule has 1 fully saturated rings. The number of halogens is 3. The number of benzene rings is 1. The molecule has 3 aromatic rings. The number of hydrogen-bond donors (Lipinski definition) is 1. The molecule has 3 atom stereocenters. The lowest BCUT2D eigenvalue weighted by atomic mass is 9.83. The van der Waals surface area contributed by atoms with Gasteiger partial charge in [-0.1, -0.05) is 37.3 Å². The molecule has 2 aromatic heterocycles. The van der Waals surface area contributed by atoms with E-state index in [4.69, 9.17) is 0 Å². The van der Waals surface area contributed by atoms with Crippen molar-refractivity contribution in [2.24, 2.45) is 5.92 Å². The Morgan fingerprint density at radius 3 is 2.76 bits per heavy atom. The van der Waals surface area contributed by atoms with E-state index in [2.05, 4.69) is 23.4 Å². The van der Waals surface area contributed by atoms with Crippen molar-refractivity contribution >= 4 is 17.2 Å². The first-order chi connectivity index (χ1) is 18.2. The zero-order valence-corrected chi connectivity index (χ0v) is 21.9. The van der Waals surface area contributed by atoms with Gasteiger partial charge in [0, 0.05) is 47.8 Å². The maximum atomic E-state index is 14.0. The smallest absolute Gasteiger partial charge is 0.333 e. The molecule has 10 heteroatoms. The SMILES string of the molecule is CCn1cc(-c2ccccc2[C@@H]2CN(C(=O)/C=C/[C@@H]3C[C@H](C)CN3)Cc3sc(C#N)cc32)c(C(F)(F)F)n1. The molecule has 2 aliphatic rings. The number of nitrogens with one attached hydrogen (secondary N) is 1. The van der Waals surface area contributed by atoms with Crippen molar-refractivity contribution in [3.63, 3.8) is 0 Å². The quantitative estimate of drug-likeness (QED) is 0.432. The molecule has 198 valence electrons. The van der Waals surface area contributed by atoms with Crippen molar-refractivity contribution in [1.29, 1.82) is 5.26 Å². The van der Waals surface area contributed by atoms with Gasteiger partial charge in [0.1, 0.15) is 10.9 Å². The minimum absolute atomic E-state index is 0.0111. The van der Waals surface area contributed by atoms with E-state index in [0.717, 1.165) is 23.4 Å². The highest BCUT2D eigenvalue weighted by atomic mass is 32.1. The van der Waals surface area contributed by atoms with Gasteiger partial charge >= 0.3 is 6.18 Å². The summed E-state index contributed by atoms with van der Waals surface area (Å²) in [5.74, 6) is 0.00914. The lowest BCUT2D eigenvalue weighted by Gasteiger charge is -2.33. The molecular weight excluding hydrogens is 511 g/mol. The molecule has 0 bridgehead atoms. The first kappa shape index (κ1) is 26.2. The van der Waals surface area contributed by atoms with E-state index in [-0.39, 0.29) is 23.4 Å². The maximum absolute atomic E-state index is 14.0. The highest BCUT2D eigenvalue weighted by molar-refractivity contribution is 7.12. The zero-order chi connectivity index (χ0) is 27.0. The standard InChI is InChI=1S/C28H28F3N5OS/c1-3-36-15-24(27(34-36)28(29,30)31)21-7-5-4-6-20(21)23-14-35(16-25-22(23)11-19(12-32)38-25)26(37)9-8-18-10-17(2)13-33-18/h4-9,11,15,17-18,23,33H,3,10,13-14,16H2,1-2H3/b9-8+/t17-,18+,23-/m0/s1. The molecule has 1 amide bonds. The number of fused-ring (bicyclic) bond motifs is 1. The first-order valence-electron chi connectivity index (χ1n) is 12.6. The van der Waals surface area contributed by atoms with Gasteiger partial charge in [-0.2, -0.15) is 23.5 Å². The average Bonchev–Trinajstić information content (AvgIpc) is 3.64. The third-order valence-corrected chi connectivity index (χ3v) is 8.25. The highest BCUT2D eigenvalue weighted by Gasteiger charge is 2.39. The summed E-state index contributed by atoms with van der Waals surface area (Å²) in [6.07, 6.45) is 1.27. The van der Waals surface area contributed by atoms with E-state index in [1.807, 2.05) is 18.2 Å². The number of nitriles is 1. The Morgan fingerprint density at radius 1 is 1.29 bits per heavy atom. The predicted molar refractivity (Wildman–Crippen MR) is 139 cm³/mol. The van der Waals surface area contributed by atoms with Gasteiger partial charge in [-0.3, -0.25) is 9.48 Å². The van der Waals surface area contributed by atoms with Crippen molar-refractivity contribution in [3.05, 3.63) is 75.3 Å². The number of thiophene rings is 1. The summed E-state index contributed by atoms with van der Waals surface area (Å²) in [5, 5.41) is 16.7. The molecule has 0 radical (unpaired) electrons. The van der Waals surface area contributed by atoms with Crippen molar-refractivity contribution in [1.82, 2.24) is 20.0 Å². The average molecular weight is 540 g/mol. The van der Waals surface area contributed by atoms with Crippen LogP contribution in [0.25, 0.3) is 11.1 Å².